The van der Waals surface area contributed by atoms with Crippen molar-refractivity contribution in [2.24, 2.45) is 0 Å². The summed E-state index contributed by atoms with van der Waals surface area (Å²) in [6, 6.07) is 0. The summed E-state index contributed by atoms with van der Waals surface area (Å²) in [7, 11) is 0. The van der Waals surface area contributed by atoms with Crippen LogP contribution < -0.4 is 0 Å². The normalized spacial score (nSPS) is 11.2. The number of aromatic amines is 1. The lowest BCUT2D eigenvalue weighted by atomic mass is 10.4. The van der Waals surface area contributed by atoms with Crippen LogP contribution >= 0.6 is 11.3 Å². The number of carbonyl (C=O) groups excluding carboxylic acids is 1. The molecule has 0 aromatic carbocycles. The van der Waals surface area contributed by atoms with E-state index in [1.54, 1.807) is 0 Å². The third kappa shape index (κ3) is 1.47. The van der Waals surface area contributed by atoms with Crippen molar-refractivity contribution in [2.75, 3.05) is 0 Å². The van der Waals surface area contributed by atoms with Crippen LogP contribution in [-0.4, -0.2) is 30.9 Å². The molecule has 0 atom stereocenters. The van der Waals surface area contributed by atoms with Crippen molar-refractivity contribution >= 4 is 22.6 Å². The zero-order chi connectivity index (χ0) is 12.0. The average Bonchev–Trinajstić information content (AvgIpc) is 2.95. The van der Waals surface area contributed by atoms with Crippen LogP contribution in [0.25, 0.3) is 16.5 Å². The van der Waals surface area contributed by atoms with Gasteiger partial charge in [0.1, 0.15) is 11.5 Å². The van der Waals surface area contributed by atoms with E-state index in [0.29, 0.717) is 16.4 Å². The smallest absolute Gasteiger partial charge is 0.201 e. The SMILES string of the molecule is Cc1nc(-c2cn3c(C)c(C=O)sc3n2)n[nH]1. The standard InChI is InChI=1S/C10H9N5OS/c1-5-8(4-16)17-10-12-7(3-15(5)10)9-11-6(2)13-14-9/h3-4H,1-2H3,(H,11,13,14). The van der Waals surface area contributed by atoms with Gasteiger partial charge in [-0.15, -0.1) is 0 Å². The highest BCUT2D eigenvalue weighted by Gasteiger charge is 2.14. The molecule has 17 heavy (non-hydrogen) atoms. The molecular weight excluding hydrogens is 238 g/mol. The van der Waals surface area contributed by atoms with E-state index in [-0.39, 0.29) is 0 Å². The van der Waals surface area contributed by atoms with Crippen molar-refractivity contribution < 1.29 is 4.79 Å². The van der Waals surface area contributed by atoms with Gasteiger partial charge in [-0.2, -0.15) is 5.10 Å². The van der Waals surface area contributed by atoms with E-state index < -0.39 is 0 Å². The second-order valence-corrected chi connectivity index (χ2v) is 4.70. The predicted octanol–water partition coefficient (Wildman–Crippen LogP) is 1.61. The molecule has 0 aliphatic rings. The Labute approximate surface area is 100 Å². The van der Waals surface area contributed by atoms with Crippen LogP contribution in [0.5, 0.6) is 0 Å². The highest BCUT2D eigenvalue weighted by atomic mass is 32.1. The van der Waals surface area contributed by atoms with Gasteiger partial charge in [0.05, 0.1) is 4.88 Å². The lowest BCUT2D eigenvalue weighted by Crippen LogP contribution is -1.85. The van der Waals surface area contributed by atoms with Crippen molar-refractivity contribution in [3.8, 4) is 11.5 Å². The van der Waals surface area contributed by atoms with E-state index in [4.69, 9.17) is 0 Å². The first-order valence-corrected chi connectivity index (χ1v) is 5.83. The van der Waals surface area contributed by atoms with Crippen LogP contribution in [0.1, 0.15) is 21.2 Å². The maximum Gasteiger partial charge on any atom is 0.201 e. The Hall–Kier alpha value is -2.02. The molecule has 0 saturated carbocycles. The Balaban J connectivity index is 2.18. The van der Waals surface area contributed by atoms with Crippen LogP contribution in [0, 0.1) is 13.8 Å². The van der Waals surface area contributed by atoms with Crippen molar-refractivity contribution in [1.82, 2.24) is 24.6 Å². The van der Waals surface area contributed by atoms with E-state index in [1.807, 2.05) is 24.4 Å². The summed E-state index contributed by atoms with van der Waals surface area (Å²) in [5.41, 5.74) is 1.60. The van der Waals surface area contributed by atoms with Crippen LogP contribution in [-0.2, 0) is 0 Å². The van der Waals surface area contributed by atoms with E-state index >= 15 is 0 Å². The van der Waals surface area contributed by atoms with Gasteiger partial charge in [0, 0.05) is 11.9 Å². The molecule has 0 amide bonds. The molecule has 7 heteroatoms. The number of H-pyrrole nitrogens is 1. The number of nitrogens with one attached hydrogen (secondary N) is 1. The number of thiazole rings is 1. The highest BCUT2D eigenvalue weighted by Crippen LogP contribution is 2.24. The molecule has 0 fully saturated rings. The molecule has 1 N–H and O–H groups in total. The maximum absolute atomic E-state index is 10.8. The number of aromatic nitrogens is 5. The Morgan fingerprint density at radius 3 is 2.82 bits per heavy atom. The highest BCUT2D eigenvalue weighted by molar-refractivity contribution is 7.18. The molecule has 0 aliphatic heterocycles. The van der Waals surface area contributed by atoms with Crippen molar-refractivity contribution in [1.29, 1.82) is 0 Å². The molecule has 0 saturated heterocycles. The number of hydrogen-bond acceptors (Lipinski definition) is 5. The zero-order valence-corrected chi connectivity index (χ0v) is 10.1. The summed E-state index contributed by atoms with van der Waals surface area (Å²) in [5, 5.41) is 6.83. The van der Waals surface area contributed by atoms with Gasteiger partial charge in [0.25, 0.3) is 0 Å². The van der Waals surface area contributed by atoms with Crippen LogP contribution in [0.15, 0.2) is 6.20 Å². The number of fused-ring (bicyclic) bond motifs is 1. The topological polar surface area (TPSA) is 75.9 Å². The maximum atomic E-state index is 10.8. The van der Waals surface area contributed by atoms with E-state index in [9.17, 15) is 4.79 Å². The number of nitrogens with zero attached hydrogens (tertiary/aromatic N) is 4. The summed E-state index contributed by atoms with van der Waals surface area (Å²) in [6.07, 6.45) is 2.70. The van der Waals surface area contributed by atoms with E-state index in [0.717, 1.165) is 22.8 Å². The Bertz CT molecular complexity index is 707. The number of imidazole rings is 1. The van der Waals surface area contributed by atoms with Crippen LogP contribution in [0.4, 0.5) is 0 Å². The lowest BCUT2D eigenvalue weighted by molar-refractivity contribution is 0.112. The number of rotatable bonds is 2. The number of aldehydes is 1. The summed E-state index contributed by atoms with van der Waals surface area (Å²) in [5.74, 6) is 1.33. The summed E-state index contributed by atoms with van der Waals surface area (Å²) >= 11 is 1.36. The van der Waals surface area contributed by atoms with Gasteiger partial charge >= 0.3 is 0 Å². The fourth-order valence-corrected chi connectivity index (χ4v) is 2.56. The summed E-state index contributed by atoms with van der Waals surface area (Å²) < 4.78 is 1.88. The molecule has 0 bridgehead atoms. The monoisotopic (exact) mass is 247 g/mol. The minimum Gasteiger partial charge on any atom is -0.297 e. The minimum absolute atomic E-state index is 0.574. The van der Waals surface area contributed by atoms with E-state index in [2.05, 4.69) is 20.2 Å². The van der Waals surface area contributed by atoms with Gasteiger partial charge < -0.3 is 0 Å². The Morgan fingerprint density at radius 1 is 1.41 bits per heavy atom. The second-order valence-electron chi connectivity index (χ2n) is 3.69. The van der Waals surface area contributed by atoms with Crippen LogP contribution in [0.3, 0.4) is 0 Å². The Morgan fingerprint density at radius 2 is 2.24 bits per heavy atom. The van der Waals surface area contributed by atoms with Gasteiger partial charge in [0.15, 0.2) is 11.2 Å². The third-order valence-electron chi connectivity index (χ3n) is 2.53. The first-order chi connectivity index (χ1) is 8.19. The number of aryl methyl sites for hydroxylation is 2. The first-order valence-electron chi connectivity index (χ1n) is 5.02. The number of hydrogen-bond donors (Lipinski definition) is 1. The van der Waals surface area contributed by atoms with Crippen molar-refractivity contribution in [2.45, 2.75) is 13.8 Å². The van der Waals surface area contributed by atoms with Gasteiger partial charge in [-0.05, 0) is 13.8 Å². The molecular formula is C10H9N5OS. The van der Waals surface area contributed by atoms with Gasteiger partial charge in [-0.3, -0.25) is 14.3 Å². The predicted molar refractivity (Wildman–Crippen MR) is 63.3 cm³/mol. The summed E-state index contributed by atoms with van der Waals surface area (Å²) in [4.78, 5) is 20.9. The molecule has 0 aliphatic carbocycles. The number of carbonyl (C=O) groups is 1. The molecule has 0 radical (unpaired) electrons. The largest absolute Gasteiger partial charge is 0.297 e. The van der Waals surface area contributed by atoms with Crippen molar-refractivity contribution in [3.05, 3.63) is 22.6 Å². The molecule has 3 aromatic rings. The van der Waals surface area contributed by atoms with Crippen LogP contribution in [0.2, 0.25) is 0 Å². The van der Waals surface area contributed by atoms with Gasteiger partial charge in [-0.25, -0.2) is 9.97 Å². The van der Waals surface area contributed by atoms with Gasteiger partial charge in [0.2, 0.25) is 5.82 Å². The average molecular weight is 247 g/mol. The molecule has 6 nitrogen and oxygen atoms in total. The molecule has 3 aromatic heterocycles. The van der Waals surface area contributed by atoms with Crippen molar-refractivity contribution in [3.63, 3.8) is 0 Å². The zero-order valence-electron chi connectivity index (χ0n) is 9.26. The molecule has 0 spiro atoms. The Kier molecular flexibility index (Phi) is 2.08. The van der Waals surface area contributed by atoms with E-state index in [1.165, 1.54) is 11.3 Å². The third-order valence-corrected chi connectivity index (χ3v) is 3.61. The molecule has 0 unspecified atom stereocenters. The first kappa shape index (κ1) is 10.2. The lowest BCUT2D eigenvalue weighted by Gasteiger charge is -1.88. The second kappa shape index (κ2) is 3.49. The minimum atomic E-state index is 0.574. The molecule has 86 valence electrons. The quantitative estimate of drug-likeness (QED) is 0.698. The summed E-state index contributed by atoms with van der Waals surface area (Å²) in [6.45, 7) is 3.73. The fourth-order valence-electron chi connectivity index (χ4n) is 1.64. The van der Waals surface area contributed by atoms with Gasteiger partial charge in [-0.1, -0.05) is 11.3 Å². The fraction of sp³-hybridized carbons (Fsp3) is 0.200. The molecule has 3 rings (SSSR count). The molecule has 3 heterocycles.